The summed E-state index contributed by atoms with van der Waals surface area (Å²) in [6, 6.07) is 80.1. The highest BCUT2D eigenvalue weighted by molar-refractivity contribution is 6.02. The maximum absolute atomic E-state index is 2.40. The summed E-state index contributed by atoms with van der Waals surface area (Å²) in [6.07, 6.45) is 0. The standard InChI is InChI=1S/C50H37N3/c1-5-23-40(24-6-1)51(41-25-7-2-8-26-41)44-35-45(52(42-27-9-3-10-28-42)49-33-17-21-38-19-13-15-31-47(38)49)37-46(36-44)53(43-29-11-4-12-30-43)50-34-18-22-39-20-14-16-32-48(39)50/h1-37H. The van der Waals surface area contributed by atoms with Gasteiger partial charge in [-0.25, -0.2) is 0 Å². The van der Waals surface area contributed by atoms with Crippen molar-refractivity contribution in [2.45, 2.75) is 0 Å². The van der Waals surface area contributed by atoms with E-state index in [0.29, 0.717) is 0 Å². The van der Waals surface area contributed by atoms with Crippen LogP contribution in [0, 0.1) is 0 Å². The Labute approximate surface area is 310 Å². The summed E-state index contributed by atoms with van der Waals surface area (Å²) in [4.78, 5) is 7.15. The summed E-state index contributed by atoms with van der Waals surface area (Å²) in [5, 5.41) is 4.75. The maximum Gasteiger partial charge on any atom is 0.0540 e. The molecule has 0 bridgehead atoms. The van der Waals surface area contributed by atoms with Crippen LogP contribution in [-0.4, -0.2) is 0 Å². The van der Waals surface area contributed by atoms with Gasteiger partial charge in [-0.1, -0.05) is 146 Å². The molecule has 53 heavy (non-hydrogen) atoms. The van der Waals surface area contributed by atoms with Crippen molar-refractivity contribution in [1.29, 1.82) is 0 Å². The van der Waals surface area contributed by atoms with Crippen LogP contribution >= 0.6 is 0 Å². The number of hydrogen-bond acceptors (Lipinski definition) is 3. The topological polar surface area (TPSA) is 9.72 Å². The van der Waals surface area contributed by atoms with Gasteiger partial charge in [-0.3, -0.25) is 0 Å². The zero-order valence-electron chi connectivity index (χ0n) is 29.2. The van der Waals surface area contributed by atoms with Crippen molar-refractivity contribution in [3.63, 3.8) is 0 Å². The lowest BCUT2D eigenvalue weighted by molar-refractivity contribution is 1.23. The molecule has 0 aliphatic rings. The van der Waals surface area contributed by atoms with E-state index in [2.05, 4.69) is 239 Å². The Hall–Kier alpha value is -7.10. The molecule has 252 valence electrons. The van der Waals surface area contributed by atoms with E-state index in [1.807, 2.05) is 0 Å². The summed E-state index contributed by atoms with van der Waals surface area (Å²) in [5.74, 6) is 0. The van der Waals surface area contributed by atoms with Crippen LogP contribution in [-0.2, 0) is 0 Å². The third kappa shape index (κ3) is 6.26. The third-order valence-electron chi connectivity index (χ3n) is 9.73. The summed E-state index contributed by atoms with van der Waals surface area (Å²) in [5.41, 5.74) is 9.65. The average Bonchev–Trinajstić information content (AvgIpc) is 3.23. The molecule has 0 heterocycles. The molecule has 0 aliphatic heterocycles. The number of benzene rings is 9. The van der Waals surface area contributed by atoms with E-state index < -0.39 is 0 Å². The minimum absolute atomic E-state index is 1.04. The highest BCUT2D eigenvalue weighted by Gasteiger charge is 2.23. The number of rotatable bonds is 9. The summed E-state index contributed by atoms with van der Waals surface area (Å²) < 4.78 is 0. The molecule has 0 fully saturated rings. The second-order valence-corrected chi connectivity index (χ2v) is 13.1. The second-order valence-electron chi connectivity index (χ2n) is 13.1. The molecule has 0 N–H and O–H groups in total. The first-order valence-electron chi connectivity index (χ1n) is 18.0. The molecule has 0 unspecified atom stereocenters. The highest BCUT2D eigenvalue weighted by atomic mass is 15.2. The van der Waals surface area contributed by atoms with Gasteiger partial charge < -0.3 is 14.7 Å². The van der Waals surface area contributed by atoms with Gasteiger partial charge in [0.1, 0.15) is 0 Å². The minimum atomic E-state index is 1.04. The van der Waals surface area contributed by atoms with Crippen molar-refractivity contribution in [3.8, 4) is 0 Å². The number of anilines is 9. The number of fused-ring (bicyclic) bond motifs is 2. The first-order valence-corrected chi connectivity index (χ1v) is 18.0. The van der Waals surface area contributed by atoms with Gasteiger partial charge in [0.15, 0.2) is 0 Å². The van der Waals surface area contributed by atoms with E-state index in [4.69, 9.17) is 0 Å². The predicted octanol–water partition coefficient (Wildman–Crippen LogP) is 14.4. The molecule has 0 aromatic heterocycles. The zero-order valence-corrected chi connectivity index (χ0v) is 29.2. The number of para-hydroxylation sites is 4. The highest BCUT2D eigenvalue weighted by Crippen LogP contribution is 2.47. The van der Waals surface area contributed by atoms with Crippen LogP contribution in [0.15, 0.2) is 224 Å². The van der Waals surface area contributed by atoms with Crippen LogP contribution in [0.2, 0.25) is 0 Å². The molecule has 9 aromatic rings. The molecule has 0 saturated carbocycles. The van der Waals surface area contributed by atoms with Crippen molar-refractivity contribution >= 4 is 72.7 Å². The molecule has 3 nitrogen and oxygen atoms in total. The molecule has 0 aliphatic carbocycles. The lowest BCUT2D eigenvalue weighted by Crippen LogP contribution is -2.16. The molecule has 3 heteroatoms. The lowest BCUT2D eigenvalue weighted by atomic mass is 10.0. The van der Waals surface area contributed by atoms with Crippen LogP contribution in [0.5, 0.6) is 0 Å². The quantitative estimate of drug-likeness (QED) is 0.150. The summed E-state index contributed by atoms with van der Waals surface area (Å²) in [6.45, 7) is 0. The maximum atomic E-state index is 2.40. The van der Waals surface area contributed by atoms with Crippen LogP contribution in [0.1, 0.15) is 0 Å². The second kappa shape index (κ2) is 14.3. The summed E-state index contributed by atoms with van der Waals surface area (Å²) in [7, 11) is 0. The van der Waals surface area contributed by atoms with E-state index >= 15 is 0 Å². The van der Waals surface area contributed by atoms with Crippen LogP contribution < -0.4 is 14.7 Å². The lowest BCUT2D eigenvalue weighted by Gasteiger charge is -2.33. The molecule has 0 spiro atoms. The van der Waals surface area contributed by atoms with Gasteiger partial charge in [-0.15, -0.1) is 0 Å². The molecular weight excluding hydrogens is 643 g/mol. The van der Waals surface area contributed by atoms with Gasteiger partial charge >= 0.3 is 0 Å². The van der Waals surface area contributed by atoms with Crippen molar-refractivity contribution < 1.29 is 0 Å². The van der Waals surface area contributed by atoms with Gasteiger partial charge in [-0.05, 0) is 89.6 Å². The Morgan fingerprint density at radius 3 is 0.868 bits per heavy atom. The van der Waals surface area contributed by atoms with Crippen molar-refractivity contribution in [3.05, 3.63) is 224 Å². The fourth-order valence-electron chi connectivity index (χ4n) is 7.38. The third-order valence-corrected chi connectivity index (χ3v) is 9.73. The van der Waals surface area contributed by atoms with Gasteiger partial charge in [0.2, 0.25) is 0 Å². The molecule has 0 radical (unpaired) electrons. The van der Waals surface area contributed by atoms with Gasteiger partial charge in [-0.2, -0.15) is 0 Å². The molecule has 9 aromatic carbocycles. The predicted molar refractivity (Wildman–Crippen MR) is 226 cm³/mol. The van der Waals surface area contributed by atoms with E-state index in [9.17, 15) is 0 Å². The molecule has 0 atom stereocenters. The monoisotopic (exact) mass is 679 g/mol. The molecule has 9 rings (SSSR count). The van der Waals surface area contributed by atoms with Crippen LogP contribution in [0.25, 0.3) is 21.5 Å². The molecular formula is C50H37N3. The number of hydrogen-bond donors (Lipinski definition) is 0. The Morgan fingerprint density at radius 1 is 0.208 bits per heavy atom. The minimum Gasteiger partial charge on any atom is -0.310 e. The fraction of sp³-hybridized carbons (Fsp3) is 0. The number of nitrogens with zero attached hydrogens (tertiary/aromatic N) is 3. The van der Waals surface area contributed by atoms with Gasteiger partial charge in [0, 0.05) is 33.5 Å². The SMILES string of the molecule is c1ccc(N(c2ccccc2)c2cc(N(c3ccccc3)c3cccc4ccccc34)cc(N(c3ccccc3)c3cccc4ccccc34)c2)cc1. The van der Waals surface area contributed by atoms with E-state index in [1.165, 1.54) is 21.5 Å². The van der Waals surface area contributed by atoms with E-state index in [-0.39, 0.29) is 0 Å². The van der Waals surface area contributed by atoms with Gasteiger partial charge in [0.05, 0.1) is 28.4 Å². The van der Waals surface area contributed by atoms with Crippen molar-refractivity contribution in [2.75, 3.05) is 14.7 Å². The normalized spacial score (nSPS) is 11.0. The van der Waals surface area contributed by atoms with E-state index in [1.54, 1.807) is 0 Å². The molecule has 0 saturated heterocycles. The van der Waals surface area contributed by atoms with Crippen molar-refractivity contribution in [1.82, 2.24) is 0 Å². The first-order chi connectivity index (χ1) is 26.3. The average molecular weight is 680 g/mol. The zero-order chi connectivity index (χ0) is 35.4. The largest absolute Gasteiger partial charge is 0.310 e. The van der Waals surface area contributed by atoms with Crippen LogP contribution in [0.4, 0.5) is 51.2 Å². The van der Waals surface area contributed by atoms with Crippen molar-refractivity contribution in [2.24, 2.45) is 0 Å². The Balaban J connectivity index is 1.38. The first kappa shape index (κ1) is 31.9. The fourth-order valence-corrected chi connectivity index (χ4v) is 7.38. The smallest absolute Gasteiger partial charge is 0.0540 e. The van der Waals surface area contributed by atoms with Gasteiger partial charge in [0.25, 0.3) is 0 Å². The Morgan fingerprint density at radius 2 is 0.491 bits per heavy atom. The Kier molecular flexibility index (Phi) is 8.57. The summed E-state index contributed by atoms with van der Waals surface area (Å²) >= 11 is 0. The van der Waals surface area contributed by atoms with Crippen LogP contribution in [0.3, 0.4) is 0 Å². The Bertz CT molecular complexity index is 2430. The molecule has 0 amide bonds. The van der Waals surface area contributed by atoms with E-state index in [0.717, 1.165) is 51.2 Å².